The van der Waals surface area contributed by atoms with Gasteiger partial charge in [0, 0.05) is 54.0 Å². The number of nitrogens with one attached hydrogen (secondary N) is 2. The number of rotatable bonds is 25. The summed E-state index contributed by atoms with van der Waals surface area (Å²) in [5, 5.41) is 147. The van der Waals surface area contributed by atoms with Gasteiger partial charge in [-0.3, -0.25) is 19.2 Å². The van der Waals surface area contributed by atoms with Crippen molar-refractivity contribution in [2.75, 3.05) is 63.2 Å². The Hall–Kier alpha value is -3.62. The molecule has 0 bridgehead atoms. The van der Waals surface area contributed by atoms with Crippen molar-refractivity contribution in [2.45, 2.75) is 67.6 Å². The van der Waals surface area contributed by atoms with Crippen LogP contribution in [0, 0.1) is 0 Å². The van der Waals surface area contributed by atoms with Crippen molar-refractivity contribution in [3.63, 3.8) is 0 Å². The van der Waals surface area contributed by atoms with Gasteiger partial charge in [0.2, 0.25) is 0 Å². The van der Waals surface area contributed by atoms with E-state index < -0.39 is 153 Å². The van der Waals surface area contributed by atoms with E-state index in [1.165, 1.54) is 24.3 Å². The van der Waals surface area contributed by atoms with Crippen LogP contribution >= 0.6 is 47.8 Å². The molecule has 4 amide bonds. The summed E-state index contributed by atoms with van der Waals surface area (Å²) >= 11 is 9.77. The molecule has 0 aromatic heterocycles. The second kappa shape index (κ2) is 27.0. The zero-order chi connectivity index (χ0) is 50.4. The maximum absolute atomic E-state index is 14.7. The monoisotopic (exact) mass is 1140 g/mol. The molecule has 0 heterocycles. The minimum absolute atomic E-state index is 0.0466. The van der Waals surface area contributed by atoms with Gasteiger partial charge in [-0.05, 0) is 89.8 Å². The third kappa shape index (κ3) is 15.2. The zero-order valence-corrected chi connectivity index (χ0v) is 40.0. The first-order chi connectivity index (χ1) is 31.6. The molecule has 372 valence electrons. The fourth-order valence-corrected chi connectivity index (χ4v) is 9.11. The molecule has 3 aromatic rings. The van der Waals surface area contributed by atoms with Gasteiger partial charge in [0.05, 0.1) is 64.4 Å². The largest absolute Gasteiger partial charge is 0.394 e. The van der Waals surface area contributed by atoms with Gasteiger partial charge in [-0.25, -0.2) is 0 Å². The van der Waals surface area contributed by atoms with Crippen LogP contribution in [0.5, 0.6) is 0 Å². The fraction of sp³-hybridized carbons (Fsp3) is 0.463. The van der Waals surface area contributed by atoms with Crippen LogP contribution in [0.25, 0.3) is 0 Å². The number of hydrogen-bond donors (Lipinski definition) is 17. The summed E-state index contributed by atoms with van der Waals surface area (Å²) in [5.74, 6) is -3.80. The topological polar surface area (TPSA) is 408 Å². The fourth-order valence-electron chi connectivity index (χ4n) is 6.25. The molecule has 0 aliphatic carbocycles. The third-order valence-corrected chi connectivity index (χ3v) is 12.5. The predicted octanol–water partition coefficient (Wildman–Crippen LogP) is -3.60. The average Bonchev–Trinajstić information content (AvgIpc) is 3.32. The number of nitrogens with zero attached hydrogens (tertiary/aromatic N) is 2. The standard InChI is InChI=1S/C41H54Br3N5O18/c42-30-28(40(66)48(10-22(54)14-50)12-24(56)34(60)36(62)26(58)16-52)31(43)33(47-39(65)20-5-7-21(8-6-20)46-38(64)19-3-1-18(9-45)2-4-19)32(44)29(30)41(67)49(11-23(55)15-51)13-25(57)35(61)37(63)27(59)17-53/h1-8,22-27,34-37,50-63H,9-17,45H2,(H,46,64)(H,47,65). The van der Waals surface area contributed by atoms with Crippen LogP contribution in [-0.2, 0) is 6.54 Å². The van der Waals surface area contributed by atoms with Crippen LogP contribution in [0.15, 0.2) is 61.9 Å². The van der Waals surface area contributed by atoms with E-state index in [0.717, 1.165) is 5.56 Å². The molecular weight excluding hydrogens is 1090 g/mol. The highest BCUT2D eigenvalue weighted by molar-refractivity contribution is 9.11. The SMILES string of the molecule is NCc1ccc(C(=O)Nc2ccc(C(=O)Nc3c(Br)c(C(=O)N(CC(O)CO)CC(O)C(O)C(O)C(O)CO)c(Br)c(C(=O)N(CC(O)CO)CC(O)C(O)C(O)C(O)CO)c3Br)cc2)cc1. The highest BCUT2D eigenvalue weighted by atomic mass is 79.9. The lowest BCUT2D eigenvalue weighted by molar-refractivity contribution is -0.118. The molecule has 23 nitrogen and oxygen atoms in total. The van der Waals surface area contributed by atoms with Gasteiger partial charge in [-0.2, -0.15) is 0 Å². The number of aliphatic hydroxyl groups excluding tert-OH is 14. The molecule has 0 aliphatic rings. The number of carbonyl (C=O) groups is 4. The van der Waals surface area contributed by atoms with Crippen LogP contribution < -0.4 is 16.4 Å². The minimum atomic E-state index is -2.22. The Kier molecular flexibility index (Phi) is 23.2. The first-order valence-corrected chi connectivity index (χ1v) is 22.5. The Morgan fingerprint density at radius 1 is 0.493 bits per heavy atom. The minimum Gasteiger partial charge on any atom is -0.394 e. The van der Waals surface area contributed by atoms with E-state index >= 15 is 0 Å². The summed E-state index contributed by atoms with van der Waals surface area (Å²) in [7, 11) is 0. The summed E-state index contributed by atoms with van der Waals surface area (Å²) in [4.78, 5) is 57.4. The van der Waals surface area contributed by atoms with Crippen LogP contribution in [0.4, 0.5) is 11.4 Å². The van der Waals surface area contributed by atoms with Gasteiger partial charge in [-0.15, -0.1) is 0 Å². The zero-order valence-electron chi connectivity index (χ0n) is 35.3. The van der Waals surface area contributed by atoms with E-state index in [9.17, 15) is 90.7 Å². The molecule has 3 aromatic carbocycles. The van der Waals surface area contributed by atoms with Crippen molar-refractivity contribution < 1.29 is 90.7 Å². The van der Waals surface area contributed by atoms with Gasteiger partial charge in [0.15, 0.2) is 0 Å². The number of halogens is 3. The molecule has 0 saturated carbocycles. The summed E-state index contributed by atoms with van der Waals surface area (Å²) < 4.78 is -1.06. The Balaban J connectivity index is 2.21. The second-order valence-corrected chi connectivity index (χ2v) is 17.5. The number of anilines is 2. The molecule has 26 heteroatoms. The molecule has 10 unspecified atom stereocenters. The Morgan fingerprint density at radius 2 is 0.851 bits per heavy atom. The van der Waals surface area contributed by atoms with Crippen molar-refractivity contribution in [1.82, 2.24) is 9.80 Å². The molecule has 0 saturated heterocycles. The van der Waals surface area contributed by atoms with E-state index in [4.69, 9.17) is 5.73 Å². The maximum Gasteiger partial charge on any atom is 0.256 e. The quantitative estimate of drug-likeness (QED) is 0.0390. The molecule has 3 rings (SSSR count). The van der Waals surface area contributed by atoms with Gasteiger partial charge in [0.25, 0.3) is 23.6 Å². The lowest BCUT2D eigenvalue weighted by Gasteiger charge is -2.33. The van der Waals surface area contributed by atoms with Crippen LogP contribution in [0.1, 0.15) is 47.0 Å². The highest BCUT2D eigenvalue weighted by Gasteiger charge is 2.38. The molecule has 0 aliphatic heterocycles. The molecule has 0 radical (unpaired) electrons. The molecule has 0 fully saturated rings. The van der Waals surface area contributed by atoms with Gasteiger partial charge < -0.3 is 97.7 Å². The number of benzene rings is 3. The summed E-state index contributed by atoms with van der Waals surface area (Å²) in [6.45, 7) is -7.25. The summed E-state index contributed by atoms with van der Waals surface area (Å²) in [5.41, 5.74) is 5.46. The van der Waals surface area contributed by atoms with Crippen LogP contribution in [0.2, 0.25) is 0 Å². The van der Waals surface area contributed by atoms with Crippen molar-refractivity contribution in [1.29, 1.82) is 0 Å². The number of nitrogens with two attached hydrogens (primary N) is 1. The van der Waals surface area contributed by atoms with Crippen molar-refractivity contribution >= 4 is 82.8 Å². The Bertz CT molecular complexity index is 2040. The van der Waals surface area contributed by atoms with Crippen molar-refractivity contribution in [2.24, 2.45) is 5.73 Å². The molecule has 18 N–H and O–H groups in total. The van der Waals surface area contributed by atoms with Gasteiger partial charge >= 0.3 is 0 Å². The maximum atomic E-state index is 14.7. The van der Waals surface area contributed by atoms with Crippen LogP contribution in [-0.4, -0.2) is 219 Å². The number of hydrogen-bond acceptors (Lipinski definition) is 19. The molecule has 0 spiro atoms. The van der Waals surface area contributed by atoms with E-state index in [1.54, 1.807) is 24.3 Å². The number of amides is 4. The Morgan fingerprint density at radius 3 is 1.21 bits per heavy atom. The van der Waals surface area contributed by atoms with E-state index in [-0.39, 0.29) is 32.4 Å². The Labute approximate surface area is 407 Å². The smallest absolute Gasteiger partial charge is 0.256 e. The third-order valence-electron chi connectivity index (χ3n) is 10.2. The van der Waals surface area contributed by atoms with Gasteiger partial charge in [-0.1, -0.05) is 12.1 Å². The van der Waals surface area contributed by atoms with E-state index in [0.29, 0.717) is 15.4 Å². The summed E-state index contributed by atoms with van der Waals surface area (Å²) in [6.07, 6.45) is -20.3. The summed E-state index contributed by atoms with van der Waals surface area (Å²) in [6, 6.07) is 12.0. The first kappa shape index (κ1) is 57.7. The number of aliphatic hydroxyl groups is 14. The second-order valence-electron chi connectivity index (χ2n) is 15.1. The highest BCUT2D eigenvalue weighted by Crippen LogP contribution is 2.44. The number of carbonyl (C=O) groups excluding carboxylic acids is 4. The van der Waals surface area contributed by atoms with Gasteiger partial charge in [0.1, 0.15) is 48.8 Å². The first-order valence-electron chi connectivity index (χ1n) is 20.1. The molecule has 10 atom stereocenters. The van der Waals surface area contributed by atoms with E-state index in [2.05, 4.69) is 58.4 Å². The van der Waals surface area contributed by atoms with Crippen molar-refractivity contribution in [3.05, 3.63) is 89.8 Å². The van der Waals surface area contributed by atoms with Crippen LogP contribution in [0.3, 0.4) is 0 Å². The van der Waals surface area contributed by atoms with E-state index in [1.807, 2.05) is 0 Å². The lowest BCUT2D eigenvalue weighted by atomic mass is 10.0. The van der Waals surface area contributed by atoms with Crippen molar-refractivity contribution in [3.8, 4) is 0 Å². The normalized spacial score (nSPS) is 16.1. The lowest BCUT2D eigenvalue weighted by Crippen LogP contribution is -2.52. The average molecular weight is 1140 g/mol. The predicted molar refractivity (Wildman–Crippen MR) is 246 cm³/mol. The molecule has 67 heavy (non-hydrogen) atoms. The molecular formula is C41H54Br3N5O18.